The first-order chi connectivity index (χ1) is 13.8. The number of carbonyl (C=O) groups is 1. The molecule has 0 fully saturated rings. The highest BCUT2D eigenvalue weighted by atomic mass is 32.2. The van der Waals surface area contributed by atoms with Gasteiger partial charge in [0, 0.05) is 23.7 Å². The molecule has 1 N–H and O–H groups in total. The number of anilines is 1. The maximum absolute atomic E-state index is 13.4. The van der Waals surface area contributed by atoms with Gasteiger partial charge in [-0.05, 0) is 31.2 Å². The number of ether oxygens (including phenoxy) is 1. The average Bonchev–Trinajstić information content (AvgIpc) is 2.73. The van der Waals surface area contributed by atoms with Crippen LogP contribution in [0.4, 0.5) is 5.69 Å². The number of sulfonamides is 1. The number of carboxylic acid groups (broad SMARTS) is 1. The lowest BCUT2D eigenvalue weighted by atomic mass is 10.1. The largest absolute Gasteiger partial charge is 0.497 e. The second-order valence-electron chi connectivity index (χ2n) is 6.12. The molecule has 0 unspecified atom stereocenters. The molecule has 0 aliphatic heterocycles. The van der Waals surface area contributed by atoms with Crippen LogP contribution in [0, 0.1) is 0 Å². The third-order valence-corrected chi connectivity index (χ3v) is 6.42. The van der Waals surface area contributed by atoms with E-state index in [1.54, 1.807) is 43.3 Å². The van der Waals surface area contributed by atoms with Crippen molar-refractivity contribution in [3.63, 3.8) is 0 Å². The molecule has 2 aromatic carbocycles. The number of hydrogen-bond donors (Lipinski definition) is 1. The molecule has 0 radical (unpaired) electrons. The molecule has 0 saturated carbocycles. The van der Waals surface area contributed by atoms with Gasteiger partial charge in [-0.15, -0.1) is 0 Å². The minimum atomic E-state index is -4.04. The Bertz CT molecular complexity index is 1190. The molecule has 3 aromatic rings. The number of methoxy groups -OCH3 is 1. The van der Waals surface area contributed by atoms with E-state index in [-0.39, 0.29) is 22.7 Å². The minimum absolute atomic E-state index is 0.0290. The van der Waals surface area contributed by atoms with Crippen LogP contribution in [-0.4, -0.2) is 38.1 Å². The van der Waals surface area contributed by atoms with Gasteiger partial charge in [-0.2, -0.15) is 0 Å². The Balaban J connectivity index is 2.31. The Labute approximate surface area is 168 Å². The number of nitrogens with zero attached hydrogens (tertiary/aromatic N) is 2. The number of aromatic carboxylic acids is 1. The van der Waals surface area contributed by atoms with Crippen molar-refractivity contribution in [3.8, 4) is 5.75 Å². The van der Waals surface area contributed by atoms with Crippen LogP contribution in [0.1, 0.15) is 22.8 Å². The predicted molar refractivity (Wildman–Crippen MR) is 112 cm³/mol. The highest BCUT2D eigenvalue weighted by Gasteiger charge is 2.29. The molecule has 0 aliphatic carbocycles. The maximum atomic E-state index is 13.4. The van der Waals surface area contributed by atoms with Gasteiger partial charge in [0.05, 0.1) is 23.2 Å². The second kappa shape index (κ2) is 7.92. The average molecular weight is 412 g/mol. The van der Waals surface area contributed by atoms with Gasteiger partial charge < -0.3 is 9.84 Å². The third-order valence-electron chi connectivity index (χ3n) is 4.53. The van der Waals surface area contributed by atoms with Gasteiger partial charge in [0.25, 0.3) is 10.0 Å². The van der Waals surface area contributed by atoms with Gasteiger partial charge in [-0.1, -0.05) is 30.9 Å². The van der Waals surface area contributed by atoms with Crippen molar-refractivity contribution in [2.24, 2.45) is 0 Å². The molecule has 0 saturated heterocycles. The molecule has 3 rings (SSSR count). The van der Waals surface area contributed by atoms with Crippen LogP contribution in [0.15, 0.2) is 60.1 Å². The van der Waals surface area contributed by atoms with E-state index < -0.39 is 16.0 Å². The summed E-state index contributed by atoms with van der Waals surface area (Å²) >= 11 is 0. The molecule has 8 heteroatoms. The summed E-state index contributed by atoms with van der Waals surface area (Å²) in [4.78, 5) is 16.2. The topological polar surface area (TPSA) is 96.8 Å². The normalized spacial score (nSPS) is 11.2. The minimum Gasteiger partial charge on any atom is -0.497 e. The molecule has 7 nitrogen and oxygen atoms in total. The highest BCUT2D eigenvalue weighted by Crippen LogP contribution is 2.35. The number of rotatable bonds is 7. The summed E-state index contributed by atoms with van der Waals surface area (Å²) in [5, 5.41) is 10.1. The van der Waals surface area contributed by atoms with E-state index in [0.717, 1.165) is 4.31 Å². The molecule has 29 heavy (non-hydrogen) atoms. The fourth-order valence-electron chi connectivity index (χ4n) is 3.14. The fraction of sp³-hybridized carbons (Fsp3) is 0.143. The van der Waals surface area contributed by atoms with Gasteiger partial charge in [0.1, 0.15) is 11.3 Å². The number of pyridine rings is 1. The lowest BCUT2D eigenvalue weighted by molar-refractivity contribution is 0.0697. The van der Waals surface area contributed by atoms with Crippen molar-refractivity contribution >= 4 is 38.7 Å². The first kappa shape index (κ1) is 20.3. The summed E-state index contributed by atoms with van der Waals surface area (Å²) in [5.74, 6) is -0.745. The molecular formula is C21H20N2O5S. The summed E-state index contributed by atoms with van der Waals surface area (Å²) in [5.41, 5.74) is 1.03. The van der Waals surface area contributed by atoms with E-state index in [1.807, 2.05) is 0 Å². The molecule has 1 aromatic heterocycles. The van der Waals surface area contributed by atoms with E-state index in [4.69, 9.17) is 4.74 Å². The summed E-state index contributed by atoms with van der Waals surface area (Å²) < 4.78 is 33.0. The van der Waals surface area contributed by atoms with Crippen LogP contribution < -0.4 is 9.04 Å². The summed E-state index contributed by atoms with van der Waals surface area (Å²) in [6, 6.07) is 11.1. The van der Waals surface area contributed by atoms with Crippen molar-refractivity contribution in [1.82, 2.24) is 4.98 Å². The molecule has 0 amide bonds. The summed E-state index contributed by atoms with van der Waals surface area (Å²) in [7, 11) is -2.55. The van der Waals surface area contributed by atoms with Crippen LogP contribution in [0.25, 0.3) is 17.0 Å². The lowest BCUT2D eigenvalue weighted by Gasteiger charge is -2.26. The lowest BCUT2D eigenvalue weighted by Crippen LogP contribution is -2.32. The van der Waals surface area contributed by atoms with Gasteiger partial charge in [-0.25, -0.2) is 13.2 Å². The van der Waals surface area contributed by atoms with Crippen LogP contribution in [-0.2, 0) is 10.0 Å². The van der Waals surface area contributed by atoms with Crippen molar-refractivity contribution in [3.05, 3.63) is 66.4 Å². The highest BCUT2D eigenvalue weighted by molar-refractivity contribution is 7.92. The predicted octanol–water partition coefficient (Wildman–Crippen LogP) is 3.80. The fourth-order valence-corrected chi connectivity index (χ4v) is 4.66. The van der Waals surface area contributed by atoms with Crippen LogP contribution in [0.2, 0.25) is 0 Å². The molecule has 150 valence electrons. The monoisotopic (exact) mass is 412 g/mol. The number of para-hydroxylation sites is 1. The zero-order valence-electron chi connectivity index (χ0n) is 16.0. The first-order valence-corrected chi connectivity index (χ1v) is 10.2. The number of carboxylic acids is 1. The van der Waals surface area contributed by atoms with Gasteiger partial charge in [0.2, 0.25) is 0 Å². The molecular weight excluding hydrogens is 392 g/mol. The number of hydrogen-bond acceptors (Lipinski definition) is 5. The van der Waals surface area contributed by atoms with Crippen LogP contribution in [0.5, 0.6) is 5.75 Å². The van der Waals surface area contributed by atoms with E-state index in [0.29, 0.717) is 22.2 Å². The number of aromatic nitrogens is 1. The Hall–Kier alpha value is -3.39. The molecule has 0 aliphatic rings. The van der Waals surface area contributed by atoms with E-state index in [1.165, 1.54) is 25.4 Å². The van der Waals surface area contributed by atoms with Crippen molar-refractivity contribution < 1.29 is 23.1 Å². The van der Waals surface area contributed by atoms with Crippen LogP contribution >= 0.6 is 0 Å². The van der Waals surface area contributed by atoms with Crippen molar-refractivity contribution in [2.75, 3.05) is 18.0 Å². The smallest absolute Gasteiger partial charge is 0.339 e. The Morgan fingerprint density at radius 2 is 1.93 bits per heavy atom. The zero-order chi connectivity index (χ0) is 21.2. The van der Waals surface area contributed by atoms with E-state index in [2.05, 4.69) is 11.6 Å². The Morgan fingerprint density at radius 1 is 1.24 bits per heavy atom. The standard InChI is InChI=1S/C21H20N2O5S/c1-4-14-7-6-8-17-19(14)22-13-18(21(24)25)20(17)23(5-2)29(26,27)16-11-9-15(28-3)10-12-16/h4,6-13H,1,5H2,2-3H3,(H,24,25). The third kappa shape index (κ3) is 3.54. The number of benzene rings is 2. The van der Waals surface area contributed by atoms with Crippen molar-refractivity contribution in [1.29, 1.82) is 0 Å². The molecule has 0 bridgehead atoms. The molecule has 1 heterocycles. The summed E-state index contributed by atoms with van der Waals surface area (Å²) in [6.07, 6.45) is 2.77. The maximum Gasteiger partial charge on any atom is 0.339 e. The zero-order valence-corrected chi connectivity index (χ0v) is 16.8. The molecule has 0 atom stereocenters. The van der Waals surface area contributed by atoms with Gasteiger partial charge in [-0.3, -0.25) is 9.29 Å². The second-order valence-corrected chi connectivity index (χ2v) is 7.98. The molecule has 0 spiro atoms. The number of fused-ring (bicyclic) bond motifs is 1. The van der Waals surface area contributed by atoms with E-state index in [9.17, 15) is 18.3 Å². The van der Waals surface area contributed by atoms with Crippen LogP contribution in [0.3, 0.4) is 0 Å². The SMILES string of the molecule is C=Cc1cccc2c(N(CC)S(=O)(=O)c3ccc(OC)cc3)c(C(=O)O)cnc12. The van der Waals surface area contributed by atoms with Gasteiger partial charge >= 0.3 is 5.97 Å². The van der Waals surface area contributed by atoms with Crippen molar-refractivity contribution in [2.45, 2.75) is 11.8 Å². The Morgan fingerprint density at radius 3 is 2.48 bits per heavy atom. The first-order valence-electron chi connectivity index (χ1n) is 8.79. The quantitative estimate of drug-likeness (QED) is 0.634. The Kier molecular flexibility index (Phi) is 5.56. The summed E-state index contributed by atoms with van der Waals surface area (Å²) in [6.45, 7) is 5.43. The van der Waals surface area contributed by atoms with Gasteiger partial charge in [0.15, 0.2) is 0 Å². The van der Waals surface area contributed by atoms with E-state index >= 15 is 0 Å².